The van der Waals surface area contributed by atoms with Gasteiger partial charge in [-0.25, -0.2) is 4.68 Å². The lowest BCUT2D eigenvalue weighted by molar-refractivity contribution is 0.105. The van der Waals surface area contributed by atoms with Crippen LogP contribution in [0.3, 0.4) is 0 Å². The van der Waals surface area contributed by atoms with Gasteiger partial charge in [0.15, 0.2) is 0 Å². The van der Waals surface area contributed by atoms with E-state index in [0.29, 0.717) is 33.0 Å². The second-order valence-electron chi connectivity index (χ2n) is 6.60. The van der Waals surface area contributed by atoms with E-state index in [1.807, 2.05) is 66.9 Å². The van der Waals surface area contributed by atoms with E-state index in [1.165, 1.54) is 0 Å². The fourth-order valence-electron chi connectivity index (χ4n) is 2.77. The van der Waals surface area contributed by atoms with Gasteiger partial charge in [-0.1, -0.05) is 65.9 Å². The van der Waals surface area contributed by atoms with E-state index in [0.717, 1.165) is 16.8 Å². The molecule has 7 heteroatoms. The Kier molecular flexibility index (Phi) is 7.69. The van der Waals surface area contributed by atoms with Crippen LogP contribution in [-0.2, 0) is 22.6 Å². The normalized spacial score (nSPS) is 13.4. The van der Waals surface area contributed by atoms with Crippen LogP contribution in [0.1, 0.15) is 28.9 Å². The van der Waals surface area contributed by atoms with Crippen molar-refractivity contribution in [3.8, 4) is 0 Å². The summed E-state index contributed by atoms with van der Waals surface area (Å²) < 4.78 is 13.1. The van der Waals surface area contributed by atoms with Gasteiger partial charge < -0.3 is 20.9 Å². The molecular formula is C21H27N5O2. The van der Waals surface area contributed by atoms with E-state index in [4.69, 9.17) is 20.9 Å². The fraction of sp³-hybridized carbons (Fsp3) is 0.333. The molecule has 0 aliphatic heterocycles. The summed E-state index contributed by atoms with van der Waals surface area (Å²) >= 11 is 0. The van der Waals surface area contributed by atoms with Gasteiger partial charge in [0.2, 0.25) is 0 Å². The zero-order valence-electron chi connectivity index (χ0n) is 15.9. The molecule has 2 atom stereocenters. The van der Waals surface area contributed by atoms with Gasteiger partial charge in [0.05, 0.1) is 51.3 Å². The van der Waals surface area contributed by atoms with Crippen LogP contribution < -0.4 is 11.5 Å². The molecule has 0 radical (unpaired) electrons. The molecule has 4 N–H and O–H groups in total. The summed E-state index contributed by atoms with van der Waals surface area (Å²) in [6.45, 7) is 2.39. The molecule has 0 fully saturated rings. The van der Waals surface area contributed by atoms with Gasteiger partial charge in [0.1, 0.15) is 5.69 Å². The second-order valence-corrected chi connectivity index (χ2v) is 6.60. The van der Waals surface area contributed by atoms with E-state index >= 15 is 0 Å². The Hall–Kier alpha value is -2.58. The van der Waals surface area contributed by atoms with E-state index in [2.05, 4.69) is 10.3 Å². The van der Waals surface area contributed by atoms with E-state index in [-0.39, 0.29) is 12.1 Å². The van der Waals surface area contributed by atoms with Crippen molar-refractivity contribution in [3.05, 3.63) is 83.7 Å². The first-order valence-electron chi connectivity index (χ1n) is 9.38. The lowest BCUT2D eigenvalue weighted by atomic mass is 10.1. The molecule has 0 unspecified atom stereocenters. The smallest absolute Gasteiger partial charge is 0.108 e. The maximum absolute atomic E-state index is 6.12. The van der Waals surface area contributed by atoms with E-state index in [9.17, 15) is 0 Å². The quantitative estimate of drug-likeness (QED) is 0.494. The Morgan fingerprint density at radius 2 is 1.39 bits per heavy atom. The minimum Gasteiger partial charge on any atom is -0.378 e. The number of hydrogen-bond acceptors (Lipinski definition) is 6. The van der Waals surface area contributed by atoms with Crippen molar-refractivity contribution in [2.45, 2.75) is 25.2 Å². The molecule has 28 heavy (non-hydrogen) atoms. The largest absolute Gasteiger partial charge is 0.378 e. The molecule has 3 aromatic rings. The highest BCUT2D eigenvalue weighted by Crippen LogP contribution is 2.11. The number of rotatable bonds is 11. The summed E-state index contributed by atoms with van der Waals surface area (Å²) in [4.78, 5) is 0. The van der Waals surface area contributed by atoms with Crippen molar-refractivity contribution in [2.24, 2.45) is 11.5 Å². The van der Waals surface area contributed by atoms with Gasteiger partial charge in [-0.05, 0) is 11.1 Å². The maximum atomic E-state index is 6.12. The first-order chi connectivity index (χ1) is 13.7. The molecule has 0 aliphatic rings. The predicted octanol–water partition coefficient (Wildman–Crippen LogP) is 2.21. The third-order valence-electron chi connectivity index (χ3n) is 4.35. The standard InChI is InChI=1S/C21H27N5O2/c22-20(17-7-3-1-4-8-17)15-27-12-11-26-13-19(24-25-26)14-28-16-21(23)18-9-5-2-6-10-18/h1-10,13,20-21H,11-12,14-16,22-23H2/t20-,21-/m1/s1. The molecule has 0 amide bonds. The summed E-state index contributed by atoms with van der Waals surface area (Å²) in [5, 5.41) is 8.21. The van der Waals surface area contributed by atoms with Gasteiger partial charge in [-0.3, -0.25) is 0 Å². The van der Waals surface area contributed by atoms with Crippen LogP contribution in [0, 0.1) is 0 Å². The summed E-state index contributed by atoms with van der Waals surface area (Å²) in [5.41, 5.74) is 15.1. The Labute approximate surface area is 165 Å². The van der Waals surface area contributed by atoms with Crippen LogP contribution in [0.2, 0.25) is 0 Å². The first-order valence-corrected chi connectivity index (χ1v) is 9.38. The summed E-state index contributed by atoms with van der Waals surface area (Å²) in [6.07, 6.45) is 1.86. The van der Waals surface area contributed by atoms with Gasteiger partial charge >= 0.3 is 0 Å². The molecule has 148 valence electrons. The number of benzene rings is 2. The molecule has 3 rings (SSSR count). The molecule has 0 bridgehead atoms. The summed E-state index contributed by atoms with van der Waals surface area (Å²) in [5.74, 6) is 0. The summed E-state index contributed by atoms with van der Waals surface area (Å²) in [7, 11) is 0. The molecule has 0 spiro atoms. The van der Waals surface area contributed by atoms with E-state index < -0.39 is 0 Å². The molecule has 1 aromatic heterocycles. The monoisotopic (exact) mass is 381 g/mol. The minimum absolute atomic E-state index is 0.130. The topological polar surface area (TPSA) is 101 Å². The zero-order valence-corrected chi connectivity index (χ0v) is 15.9. The van der Waals surface area contributed by atoms with Crippen LogP contribution in [0.15, 0.2) is 66.9 Å². The Balaban J connectivity index is 1.33. The lowest BCUT2D eigenvalue weighted by Gasteiger charge is -2.12. The Morgan fingerprint density at radius 3 is 2.00 bits per heavy atom. The van der Waals surface area contributed by atoms with E-state index in [1.54, 1.807) is 4.68 Å². The second kappa shape index (κ2) is 10.7. The Morgan fingerprint density at radius 1 is 0.821 bits per heavy atom. The van der Waals surface area contributed by atoms with Crippen LogP contribution in [-0.4, -0.2) is 34.8 Å². The number of hydrogen-bond donors (Lipinski definition) is 2. The van der Waals surface area contributed by atoms with Crippen molar-refractivity contribution in [2.75, 3.05) is 19.8 Å². The van der Waals surface area contributed by atoms with Gasteiger partial charge in [-0.15, -0.1) is 5.10 Å². The molecule has 1 heterocycles. The van der Waals surface area contributed by atoms with Crippen molar-refractivity contribution in [1.29, 1.82) is 0 Å². The van der Waals surface area contributed by atoms with Crippen LogP contribution in [0.5, 0.6) is 0 Å². The fourth-order valence-corrected chi connectivity index (χ4v) is 2.77. The van der Waals surface area contributed by atoms with Crippen molar-refractivity contribution < 1.29 is 9.47 Å². The third kappa shape index (κ3) is 6.24. The number of nitrogens with two attached hydrogens (primary N) is 2. The average molecular weight is 381 g/mol. The van der Waals surface area contributed by atoms with Crippen LogP contribution >= 0.6 is 0 Å². The average Bonchev–Trinajstić information content (AvgIpc) is 3.20. The number of aromatic nitrogens is 3. The van der Waals surface area contributed by atoms with Crippen molar-refractivity contribution in [1.82, 2.24) is 15.0 Å². The first kappa shape index (κ1) is 20.2. The SMILES string of the molecule is N[C@H](COCCn1cc(COC[C@@H](N)c2ccccc2)nn1)c1ccccc1. The van der Waals surface area contributed by atoms with Gasteiger partial charge in [0.25, 0.3) is 0 Å². The highest BCUT2D eigenvalue weighted by atomic mass is 16.5. The zero-order chi connectivity index (χ0) is 19.6. The molecule has 7 nitrogen and oxygen atoms in total. The maximum Gasteiger partial charge on any atom is 0.108 e. The number of nitrogens with zero attached hydrogens (tertiary/aromatic N) is 3. The minimum atomic E-state index is -0.154. The molecule has 0 saturated heterocycles. The highest BCUT2D eigenvalue weighted by Gasteiger charge is 2.08. The molecule has 0 aliphatic carbocycles. The van der Waals surface area contributed by atoms with Crippen molar-refractivity contribution in [3.63, 3.8) is 0 Å². The lowest BCUT2D eigenvalue weighted by Crippen LogP contribution is -2.18. The van der Waals surface area contributed by atoms with Crippen LogP contribution in [0.4, 0.5) is 0 Å². The molecule has 0 saturated carbocycles. The van der Waals surface area contributed by atoms with Gasteiger partial charge in [-0.2, -0.15) is 0 Å². The third-order valence-corrected chi connectivity index (χ3v) is 4.35. The summed E-state index contributed by atoms with van der Waals surface area (Å²) in [6, 6.07) is 19.5. The molecular weight excluding hydrogens is 354 g/mol. The van der Waals surface area contributed by atoms with Crippen molar-refractivity contribution >= 4 is 0 Å². The Bertz CT molecular complexity index is 810. The number of ether oxygens (including phenoxy) is 2. The highest BCUT2D eigenvalue weighted by molar-refractivity contribution is 5.19. The van der Waals surface area contributed by atoms with Gasteiger partial charge in [0, 0.05) is 0 Å². The van der Waals surface area contributed by atoms with Crippen LogP contribution in [0.25, 0.3) is 0 Å². The predicted molar refractivity (Wildman–Crippen MR) is 107 cm³/mol. The molecule has 2 aromatic carbocycles.